The van der Waals surface area contributed by atoms with Crippen molar-refractivity contribution in [2.45, 2.75) is 56.5 Å². The minimum atomic E-state index is -1.62. The van der Waals surface area contributed by atoms with Crippen LogP contribution in [0.15, 0.2) is 24.3 Å². The summed E-state index contributed by atoms with van der Waals surface area (Å²) in [5.74, 6) is -4.40. The predicted octanol–water partition coefficient (Wildman–Crippen LogP) is -2.19. The van der Waals surface area contributed by atoms with Crippen molar-refractivity contribution in [2.75, 3.05) is 12.0 Å². The van der Waals surface area contributed by atoms with E-state index in [4.69, 9.17) is 11.5 Å². The minimum Gasteiger partial charge on any atom is -0.508 e. The number of hydrogen-bond acceptors (Lipinski definition) is 9. The summed E-state index contributed by atoms with van der Waals surface area (Å²) in [6.07, 6.45) is 0.0462. The summed E-state index contributed by atoms with van der Waals surface area (Å²) in [6, 6.07) is 0.446. The number of phenols is 1. The van der Waals surface area contributed by atoms with Gasteiger partial charge in [-0.05, 0) is 43.0 Å². The van der Waals surface area contributed by atoms with Crippen LogP contribution in [0.5, 0.6) is 5.75 Å². The van der Waals surface area contributed by atoms with Crippen molar-refractivity contribution in [1.82, 2.24) is 16.0 Å². The number of carbonyl (C=O) groups excluding carboxylic acids is 4. The molecule has 4 amide bonds. The van der Waals surface area contributed by atoms with E-state index < -0.39 is 66.3 Å². The van der Waals surface area contributed by atoms with Gasteiger partial charge in [0, 0.05) is 6.42 Å². The number of carboxylic acid groups (broad SMARTS) is 1. The van der Waals surface area contributed by atoms with E-state index in [1.165, 1.54) is 43.0 Å². The van der Waals surface area contributed by atoms with Crippen LogP contribution in [0.4, 0.5) is 0 Å². The maximum atomic E-state index is 13.1. The number of rotatable bonds is 15. The highest BCUT2D eigenvalue weighted by Crippen LogP contribution is 2.12. The summed E-state index contributed by atoms with van der Waals surface area (Å²) in [5.41, 5.74) is 11.2. The minimum absolute atomic E-state index is 0.0227. The molecule has 0 heterocycles. The lowest BCUT2D eigenvalue weighted by atomic mass is 10.0. The summed E-state index contributed by atoms with van der Waals surface area (Å²) in [6.45, 7) is 1.32. The molecule has 5 atom stereocenters. The molecular formula is C22H33N5O8S. The van der Waals surface area contributed by atoms with E-state index in [0.717, 1.165) is 0 Å². The Kier molecular flexibility index (Phi) is 12.7. The maximum absolute atomic E-state index is 13.1. The van der Waals surface area contributed by atoms with Crippen LogP contribution < -0.4 is 27.4 Å². The van der Waals surface area contributed by atoms with Gasteiger partial charge in [0.15, 0.2) is 0 Å². The second-order valence-corrected chi connectivity index (χ2v) is 9.10. The third kappa shape index (κ3) is 10.5. The molecule has 0 bridgehead atoms. The van der Waals surface area contributed by atoms with E-state index in [1.807, 2.05) is 0 Å². The van der Waals surface area contributed by atoms with Gasteiger partial charge in [-0.2, -0.15) is 11.8 Å². The number of benzene rings is 1. The van der Waals surface area contributed by atoms with Gasteiger partial charge in [-0.25, -0.2) is 4.79 Å². The molecule has 0 aliphatic carbocycles. The number of aliphatic carboxylic acids is 1. The number of thioether (sulfide) groups is 1. The van der Waals surface area contributed by atoms with Gasteiger partial charge in [0.2, 0.25) is 23.6 Å². The molecule has 0 saturated heterocycles. The zero-order chi connectivity index (χ0) is 27.4. The number of nitrogens with one attached hydrogen (secondary N) is 3. The van der Waals surface area contributed by atoms with Gasteiger partial charge in [-0.15, -0.1) is 0 Å². The fourth-order valence-corrected chi connectivity index (χ4v) is 3.49. The normalized spacial score (nSPS) is 15.0. The monoisotopic (exact) mass is 527 g/mol. The highest BCUT2D eigenvalue weighted by atomic mass is 32.2. The molecule has 0 saturated carbocycles. The first-order chi connectivity index (χ1) is 16.8. The van der Waals surface area contributed by atoms with Gasteiger partial charge in [-0.1, -0.05) is 12.1 Å². The average Bonchev–Trinajstić information content (AvgIpc) is 2.80. The van der Waals surface area contributed by atoms with E-state index in [2.05, 4.69) is 16.0 Å². The van der Waals surface area contributed by atoms with Crippen molar-refractivity contribution in [3.05, 3.63) is 29.8 Å². The fraction of sp³-hybridized carbons (Fsp3) is 0.500. The van der Waals surface area contributed by atoms with Crippen LogP contribution in [-0.4, -0.2) is 87.2 Å². The Labute approximate surface area is 212 Å². The number of carbonyl (C=O) groups is 5. The SMILES string of the molecule is CSCCC(NC(=O)C(N)C(C)O)C(=O)NC(Cc1ccc(O)cc1)C(=O)NC(CC(N)=O)C(=O)O. The third-order valence-corrected chi connectivity index (χ3v) is 5.74. The molecular weight excluding hydrogens is 494 g/mol. The van der Waals surface area contributed by atoms with E-state index in [0.29, 0.717) is 11.3 Å². The first kappa shape index (κ1) is 30.7. The number of phenolic OH excluding ortho intramolecular Hbond substituents is 1. The highest BCUT2D eigenvalue weighted by Gasteiger charge is 2.31. The largest absolute Gasteiger partial charge is 0.508 e. The summed E-state index contributed by atoms with van der Waals surface area (Å²) < 4.78 is 0. The summed E-state index contributed by atoms with van der Waals surface area (Å²) in [4.78, 5) is 61.0. The topological polar surface area (TPSA) is 234 Å². The lowest BCUT2D eigenvalue weighted by Gasteiger charge is -2.25. The van der Waals surface area contributed by atoms with E-state index in [1.54, 1.807) is 6.26 Å². The Bertz CT molecular complexity index is 928. The molecule has 200 valence electrons. The summed E-state index contributed by atoms with van der Waals surface area (Å²) in [7, 11) is 0. The van der Waals surface area contributed by atoms with E-state index >= 15 is 0 Å². The number of carboxylic acids is 1. The Morgan fingerprint density at radius 2 is 1.47 bits per heavy atom. The third-order valence-electron chi connectivity index (χ3n) is 5.10. The Hall–Kier alpha value is -3.36. The molecule has 13 nitrogen and oxygen atoms in total. The van der Waals surface area contributed by atoms with Crippen LogP contribution >= 0.6 is 11.8 Å². The van der Waals surface area contributed by atoms with Gasteiger partial charge in [-0.3, -0.25) is 19.2 Å². The number of aromatic hydroxyl groups is 1. The van der Waals surface area contributed by atoms with Crippen LogP contribution in [0.2, 0.25) is 0 Å². The molecule has 0 fully saturated rings. The maximum Gasteiger partial charge on any atom is 0.326 e. The molecule has 0 aromatic heterocycles. The molecule has 1 aromatic rings. The molecule has 0 spiro atoms. The van der Waals surface area contributed by atoms with Crippen LogP contribution in [0.3, 0.4) is 0 Å². The number of hydrogen-bond donors (Lipinski definition) is 8. The van der Waals surface area contributed by atoms with Crippen molar-refractivity contribution in [3.63, 3.8) is 0 Å². The Balaban J connectivity index is 3.16. The fourth-order valence-electron chi connectivity index (χ4n) is 3.01. The van der Waals surface area contributed by atoms with Gasteiger partial charge >= 0.3 is 5.97 Å². The second kappa shape index (κ2) is 14.9. The molecule has 36 heavy (non-hydrogen) atoms. The Morgan fingerprint density at radius 3 is 1.97 bits per heavy atom. The molecule has 5 unspecified atom stereocenters. The van der Waals surface area contributed by atoms with Crippen molar-refractivity contribution in [2.24, 2.45) is 11.5 Å². The van der Waals surface area contributed by atoms with Gasteiger partial charge < -0.3 is 42.7 Å². The van der Waals surface area contributed by atoms with Gasteiger partial charge in [0.25, 0.3) is 0 Å². The smallest absolute Gasteiger partial charge is 0.326 e. The average molecular weight is 528 g/mol. The molecule has 0 aliphatic heterocycles. The quantitative estimate of drug-likeness (QED) is 0.123. The second-order valence-electron chi connectivity index (χ2n) is 8.11. The van der Waals surface area contributed by atoms with E-state index in [-0.39, 0.29) is 18.6 Å². The van der Waals surface area contributed by atoms with Gasteiger partial charge in [0.05, 0.1) is 12.5 Å². The molecule has 0 radical (unpaired) electrons. The molecule has 10 N–H and O–H groups in total. The number of aliphatic hydroxyl groups is 1. The van der Waals surface area contributed by atoms with Crippen LogP contribution in [0.1, 0.15) is 25.3 Å². The predicted molar refractivity (Wildman–Crippen MR) is 132 cm³/mol. The zero-order valence-electron chi connectivity index (χ0n) is 20.0. The first-order valence-electron chi connectivity index (χ1n) is 11.0. The molecule has 14 heteroatoms. The number of primary amides is 1. The van der Waals surface area contributed by atoms with Gasteiger partial charge in [0.1, 0.15) is 29.9 Å². The Morgan fingerprint density at radius 1 is 0.944 bits per heavy atom. The standard InChI is InChI=1S/C22H33N5O8S/c1-11(28)18(24)21(33)25-14(7-8-36-2)19(31)26-15(9-12-3-5-13(29)6-4-12)20(32)27-16(22(34)35)10-17(23)30/h3-6,11,14-16,18,28-29H,7-10,24H2,1-2H3,(H2,23,30)(H,25,33)(H,26,31)(H,27,32)(H,34,35). The lowest BCUT2D eigenvalue weighted by Crippen LogP contribution is -2.58. The van der Waals surface area contributed by atoms with Crippen molar-refractivity contribution >= 4 is 41.4 Å². The summed E-state index contributed by atoms with van der Waals surface area (Å²) in [5, 5.41) is 35.6. The molecule has 0 aliphatic rings. The molecule has 1 aromatic carbocycles. The van der Waals surface area contributed by atoms with E-state index in [9.17, 15) is 39.3 Å². The first-order valence-corrected chi connectivity index (χ1v) is 12.4. The lowest BCUT2D eigenvalue weighted by molar-refractivity contribution is -0.143. The highest BCUT2D eigenvalue weighted by molar-refractivity contribution is 7.98. The number of amides is 4. The number of nitrogens with two attached hydrogens (primary N) is 2. The van der Waals surface area contributed by atoms with Crippen molar-refractivity contribution in [3.8, 4) is 5.75 Å². The van der Waals surface area contributed by atoms with Crippen LogP contribution in [-0.2, 0) is 30.4 Å². The number of aliphatic hydroxyl groups excluding tert-OH is 1. The summed E-state index contributed by atoms with van der Waals surface area (Å²) >= 11 is 1.41. The van der Waals surface area contributed by atoms with Crippen LogP contribution in [0.25, 0.3) is 0 Å². The van der Waals surface area contributed by atoms with Crippen molar-refractivity contribution in [1.29, 1.82) is 0 Å². The zero-order valence-corrected chi connectivity index (χ0v) is 20.8. The van der Waals surface area contributed by atoms with Crippen LogP contribution in [0, 0.1) is 0 Å². The molecule has 1 rings (SSSR count). The van der Waals surface area contributed by atoms with Crippen molar-refractivity contribution < 1.29 is 39.3 Å².